The number of alkyl halides is 3. The summed E-state index contributed by atoms with van der Waals surface area (Å²) in [6, 6.07) is 1.34. The molecule has 7 nitrogen and oxygen atoms in total. The van der Waals surface area contributed by atoms with Gasteiger partial charge in [-0.25, -0.2) is 4.79 Å². The lowest BCUT2D eigenvalue weighted by molar-refractivity contribution is -0.385. The van der Waals surface area contributed by atoms with E-state index in [1.165, 1.54) is 6.92 Å². The van der Waals surface area contributed by atoms with Gasteiger partial charge in [-0.15, -0.1) is 0 Å². The molecule has 0 fully saturated rings. The minimum atomic E-state index is -4.89. The minimum absolute atomic E-state index is 0.120. The average Bonchev–Trinajstić information content (AvgIpc) is 2.44. The SMILES string of the molecule is CCOC(=O)C(O)C(O)c1cc([N+](=O)[O-])cc(C(F)(F)F)c1. The molecule has 0 bridgehead atoms. The first kappa shape index (κ1) is 17.9. The molecule has 0 radical (unpaired) electrons. The van der Waals surface area contributed by atoms with Gasteiger partial charge >= 0.3 is 12.1 Å². The summed E-state index contributed by atoms with van der Waals surface area (Å²) < 4.78 is 42.5. The zero-order valence-corrected chi connectivity index (χ0v) is 11.2. The van der Waals surface area contributed by atoms with Crippen LogP contribution in [0.3, 0.4) is 0 Å². The first-order chi connectivity index (χ1) is 10.1. The van der Waals surface area contributed by atoms with E-state index < -0.39 is 46.1 Å². The summed E-state index contributed by atoms with van der Waals surface area (Å²) in [5, 5.41) is 29.9. The first-order valence-electron chi connectivity index (χ1n) is 5.97. The van der Waals surface area contributed by atoms with Crippen molar-refractivity contribution in [2.45, 2.75) is 25.3 Å². The van der Waals surface area contributed by atoms with Gasteiger partial charge in [-0.2, -0.15) is 13.2 Å². The Balaban J connectivity index is 3.25. The van der Waals surface area contributed by atoms with Crippen LogP contribution in [0.4, 0.5) is 18.9 Å². The molecule has 0 heterocycles. The number of non-ortho nitro benzene ring substituents is 1. The molecule has 0 saturated heterocycles. The van der Waals surface area contributed by atoms with Crippen LogP contribution in [0.25, 0.3) is 0 Å². The number of halogens is 3. The highest BCUT2D eigenvalue weighted by Gasteiger charge is 2.35. The summed E-state index contributed by atoms with van der Waals surface area (Å²) in [4.78, 5) is 20.9. The van der Waals surface area contributed by atoms with Gasteiger partial charge in [-0.05, 0) is 18.6 Å². The molecule has 10 heteroatoms. The predicted molar refractivity (Wildman–Crippen MR) is 65.7 cm³/mol. The van der Waals surface area contributed by atoms with Crippen LogP contribution in [-0.2, 0) is 15.7 Å². The van der Waals surface area contributed by atoms with Crippen molar-refractivity contribution in [2.75, 3.05) is 6.61 Å². The van der Waals surface area contributed by atoms with Crippen molar-refractivity contribution < 1.29 is 37.8 Å². The zero-order chi connectivity index (χ0) is 17.1. The van der Waals surface area contributed by atoms with Crippen LogP contribution in [0.15, 0.2) is 18.2 Å². The number of aliphatic hydroxyl groups excluding tert-OH is 2. The highest BCUT2D eigenvalue weighted by molar-refractivity contribution is 5.75. The van der Waals surface area contributed by atoms with Crippen molar-refractivity contribution in [2.24, 2.45) is 0 Å². The molecule has 1 aromatic rings. The lowest BCUT2D eigenvalue weighted by atomic mass is 10.0. The topological polar surface area (TPSA) is 110 Å². The zero-order valence-electron chi connectivity index (χ0n) is 11.2. The lowest BCUT2D eigenvalue weighted by Gasteiger charge is -2.18. The van der Waals surface area contributed by atoms with Gasteiger partial charge in [0.05, 0.1) is 17.1 Å². The molecule has 2 atom stereocenters. The number of aliphatic hydroxyl groups is 2. The van der Waals surface area contributed by atoms with Crippen molar-refractivity contribution in [3.63, 3.8) is 0 Å². The van der Waals surface area contributed by atoms with Gasteiger partial charge in [0, 0.05) is 12.1 Å². The molecule has 22 heavy (non-hydrogen) atoms. The Morgan fingerprint density at radius 2 is 1.95 bits per heavy atom. The summed E-state index contributed by atoms with van der Waals surface area (Å²) in [5.41, 5.74) is -2.94. The second-order valence-corrected chi connectivity index (χ2v) is 4.21. The maximum atomic E-state index is 12.7. The van der Waals surface area contributed by atoms with E-state index in [0.29, 0.717) is 12.1 Å². The first-order valence-corrected chi connectivity index (χ1v) is 5.97. The molecule has 0 saturated carbocycles. The van der Waals surface area contributed by atoms with Crippen molar-refractivity contribution in [1.29, 1.82) is 0 Å². The molecule has 2 N–H and O–H groups in total. The van der Waals surface area contributed by atoms with Crippen LogP contribution < -0.4 is 0 Å². The molecule has 0 aliphatic rings. The van der Waals surface area contributed by atoms with Gasteiger partial charge in [0.2, 0.25) is 0 Å². The molecule has 0 aliphatic carbocycles. The third kappa shape index (κ3) is 4.15. The van der Waals surface area contributed by atoms with Gasteiger partial charge < -0.3 is 14.9 Å². The molecule has 0 spiro atoms. The smallest absolute Gasteiger partial charge is 0.416 e. The Morgan fingerprint density at radius 3 is 2.41 bits per heavy atom. The number of carbonyl (C=O) groups excluding carboxylic acids is 1. The third-order valence-electron chi connectivity index (χ3n) is 2.65. The number of nitro benzene ring substituents is 1. The van der Waals surface area contributed by atoms with Crippen molar-refractivity contribution >= 4 is 11.7 Å². The van der Waals surface area contributed by atoms with E-state index in [4.69, 9.17) is 0 Å². The van der Waals surface area contributed by atoms with E-state index >= 15 is 0 Å². The number of hydrogen-bond donors (Lipinski definition) is 2. The number of nitrogens with zero attached hydrogens (tertiary/aromatic N) is 1. The van der Waals surface area contributed by atoms with Crippen molar-refractivity contribution in [1.82, 2.24) is 0 Å². The van der Waals surface area contributed by atoms with E-state index in [0.717, 1.165) is 0 Å². The van der Waals surface area contributed by atoms with Crippen LogP contribution >= 0.6 is 0 Å². The largest absolute Gasteiger partial charge is 0.464 e. The fraction of sp³-hybridized carbons (Fsp3) is 0.417. The highest BCUT2D eigenvalue weighted by Crippen LogP contribution is 2.34. The average molecular weight is 323 g/mol. The van der Waals surface area contributed by atoms with E-state index in [1.807, 2.05) is 0 Å². The molecule has 0 amide bonds. The normalized spacial score (nSPS) is 14.3. The summed E-state index contributed by atoms with van der Waals surface area (Å²) in [5.74, 6) is -1.25. The molecule has 122 valence electrons. The van der Waals surface area contributed by atoms with Crippen molar-refractivity contribution in [3.8, 4) is 0 Å². The number of ether oxygens (including phenoxy) is 1. The summed E-state index contributed by atoms with van der Waals surface area (Å²) in [6.07, 6.45) is -9.15. The van der Waals surface area contributed by atoms with E-state index in [-0.39, 0.29) is 12.7 Å². The summed E-state index contributed by atoms with van der Waals surface area (Å²) >= 11 is 0. The number of esters is 1. The number of carbonyl (C=O) groups is 1. The van der Waals surface area contributed by atoms with Crippen LogP contribution in [0.2, 0.25) is 0 Å². The van der Waals surface area contributed by atoms with Crippen LogP contribution in [0.1, 0.15) is 24.2 Å². The number of hydrogen-bond acceptors (Lipinski definition) is 6. The van der Waals surface area contributed by atoms with Gasteiger partial charge in [-0.3, -0.25) is 10.1 Å². The molecule has 2 unspecified atom stereocenters. The van der Waals surface area contributed by atoms with Gasteiger partial charge in [0.1, 0.15) is 6.10 Å². The quantitative estimate of drug-likeness (QED) is 0.483. The van der Waals surface area contributed by atoms with Gasteiger partial charge in [0.25, 0.3) is 5.69 Å². The second-order valence-electron chi connectivity index (χ2n) is 4.21. The highest BCUT2D eigenvalue weighted by atomic mass is 19.4. The fourth-order valence-corrected chi connectivity index (χ4v) is 1.61. The third-order valence-corrected chi connectivity index (χ3v) is 2.65. The second kappa shape index (κ2) is 6.71. The Hall–Kier alpha value is -2.20. The maximum absolute atomic E-state index is 12.7. The number of nitro groups is 1. The van der Waals surface area contributed by atoms with Gasteiger partial charge in [0.15, 0.2) is 6.10 Å². The van der Waals surface area contributed by atoms with E-state index in [2.05, 4.69) is 4.74 Å². The van der Waals surface area contributed by atoms with Crippen molar-refractivity contribution in [3.05, 3.63) is 39.4 Å². The minimum Gasteiger partial charge on any atom is -0.464 e. The van der Waals surface area contributed by atoms with E-state index in [1.54, 1.807) is 0 Å². The Bertz CT molecular complexity index is 574. The van der Waals surface area contributed by atoms with Crippen LogP contribution in [0, 0.1) is 10.1 Å². The molecular formula is C12H12F3NO6. The van der Waals surface area contributed by atoms with Crippen LogP contribution in [0.5, 0.6) is 0 Å². The monoisotopic (exact) mass is 323 g/mol. The Labute approximate surface area is 122 Å². The maximum Gasteiger partial charge on any atom is 0.416 e. The summed E-state index contributed by atoms with van der Waals surface area (Å²) in [6.45, 7) is 1.30. The molecule has 0 aliphatic heterocycles. The fourth-order valence-electron chi connectivity index (χ4n) is 1.61. The Morgan fingerprint density at radius 1 is 1.36 bits per heavy atom. The molecule has 1 aromatic carbocycles. The molecule has 0 aromatic heterocycles. The molecule has 1 rings (SSSR count). The lowest BCUT2D eigenvalue weighted by Crippen LogP contribution is -2.30. The van der Waals surface area contributed by atoms with E-state index in [9.17, 15) is 38.3 Å². The standard InChI is InChI=1S/C12H12F3NO6/c1-2-22-11(19)10(18)9(17)6-3-7(12(13,14)15)5-8(4-6)16(20)21/h3-5,9-10,17-18H,2H2,1H3. The Kier molecular flexibility index (Phi) is 5.44. The number of benzene rings is 1. The van der Waals surface area contributed by atoms with Crippen LogP contribution in [-0.4, -0.2) is 33.8 Å². The predicted octanol–water partition coefficient (Wildman–Crippen LogP) is 1.57. The summed E-state index contributed by atoms with van der Waals surface area (Å²) in [7, 11) is 0. The molecular weight excluding hydrogens is 311 g/mol. The van der Waals surface area contributed by atoms with Gasteiger partial charge in [-0.1, -0.05) is 0 Å². The number of rotatable bonds is 5.